The van der Waals surface area contributed by atoms with Gasteiger partial charge in [0.25, 0.3) is 0 Å². The number of aliphatic hydroxyl groups is 1. The third-order valence-corrected chi connectivity index (χ3v) is 7.73. The Morgan fingerprint density at radius 1 is 1.09 bits per heavy atom. The van der Waals surface area contributed by atoms with Crippen LogP contribution in [0.3, 0.4) is 0 Å². The van der Waals surface area contributed by atoms with Crippen molar-refractivity contribution in [1.29, 1.82) is 0 Å². The Bertz CT molecular complexity index is 704. The van der Waals surface area contributed by atoms with Gasteiger partial charge in [-0.15, -0.1) is 22.7 Å². The van der Waals surface area contributed by atoms with Crippen LogP contribution in [0.5, 0.6) is 0 Å². The average Bonchev–Trinajstić information content (AvgIpc) is 3.37. The predicted octanol–water partition coefficient (Wildman–Crippen LogP) is 4.81. The highest BCUT2D eigenvalue weighted by Crippen LogP contribution is 2.60. The Hall–Kier alpha value is -1.16. The van der Waals surface area contributed by atoms with E-state index >= 15 is 0 Å². The van der Waals surface area contributed by atoms with Crippen LogP contribution in [0.15, 0.2) is 58.8 Å². The lowest BCUT2D eigenvalue weighted by atomic mass is 9.74. The fraction of sp³-hybridized carbons (Fsp3) is 0.368. The van der Waals surface area contributed by atoms with E-state index in [9.17, 15) is 5.11 Å². The molecular formula is C19H18OS2. The van der Waals surface area contributed by atoms with Gasteiger partial charge in [0.05, 0.1) is 0 Å². The molecule has 0 aromatic carbocycles. The molecule has 112 valence electrons. The van der Waals surface area contributed by atoms with Crippen LogP contribution >= 0.6 is 22.7 Å². The van der Waals surface area contributed by atoms with Crippen molar-refractivity contribution < 1.29 is 5.11 Å². The first-order valence-corrected chi connectivity index (χ1v) is 9.73. The maximum Gasteiger partial charge on any atom is 0.155 e. The molecule has 1 saturated carbocycles. The minimum Gasteiger partial charge on any atom is -0.375 e. The molecule has 3 heteroatoms. The molecule has 5 rings (SSSR count). The highest BCUT2D eigenvalue weighted by atomic mass is 32.1. The fourth-order valence-electron chi connectivity index (χ4n) is 4.85. The van der Waals surface area contributed by atoms with Crippen LogP contribution in [-0.2, 0) is 5.60 Å². The van der Waals surface area contributed by atoms with Crippen molar-refractivity contribution in [3.8, 4) is 0 Å². The number of fused-ring (bicyclic) bond motifs is 5. The van der Waals surface area contributed by atoms with E-state index in [1.165, 1.54) is 18.4 Å². The molecule has 4 unspecified atom stereocenters. The Morgan fingerprint density at radius 3 is 2.45 bits per heavy atom. The third kappa shape index (κ3) is 1.62. The topological polar surface area (TPSA) is 20.2 Å². The van der Waals surface area contributed by atoms with Gasteiger partial charge in [-0.3, -0.25) is 0 Å². The van der Waals surface area contributed by atoms with Crippen LogP contribution in [0.25, 0.3) is 0 Å². The zero-order valence-electron chi connectivity index (χ0n) is 12.2. The van der Waals surface area contributed by atoms with Crippen molar-refractivity contribution in [2.75, 3.05) is 0 Å². The van der Waals surface area contributed by atoms with Crippen LogP contribution < -0.4 is 0 Å². The van der Waals surface area contributed by atoms with Gasteiger partial charge < -0.3 is 5.11 Å². The summed E-state index contributed by atoms with van der Waals surface area (Å²) in [7, 11) is 0. The monoisotopic (exact) mass is 326 g/mol. The zero-order chi connectivity index (χ0) is 14.7. The van der Waals surface area contributed by atoms with Crippen molar-refractivity contribution in [3.63, 3.8) is 0 Å². The molecule has 0 amide bonds. The van der Waals surface area contributed by atoms with Gasteiger partial charge in [0.2, 0.25) is 0 Å². The van der Waals surface area contributed by atoms with Crippen molar-refractivity contribution in [2.24, 2.45) is 23.7 Å². The molecule has 3 aliphatic carbocycles. The van der Waals surface area contributed by atoms with Gasteiger partial charge >= 0.3 is 0 Å². The molecular weight excluding hydrogens is 308 g/mol. The van der Waals surface area contributed by atoms with Gasteiger partial charge in [-0.1, -0.05) is 30.4 Å². The second kappa shape index (κ2) is 4.67. The lowest BCUT2D eigenvalue weighted by Gasteiger charge is -2.35. The average molecular weight is 326 g/mol. The zero-order valence-corrected chi connectivity index (χ0v) is 13.8. The number of rotatable bonds is 3. The Balaban J connectivity index is 1.66. The lowest BCUT2D eigenvalue weighted by molar-refractivity contribution is 0.112. The molecule has 0 saturated heterocycles. The molecule has 0 spiro atoms. The molecule has 1 fully saturated rings. The fourth-order valence-corrected chi connectivity index (χ4v) is 6.64. The van der Waals surface area contributed by atoms with Gasteiger partial charge in [-0.05, 0) is 65.0 Å². The molecule has 0 radical (unpaired) electrons. The summed E-state index contributed by atoms with van der Waals surface area (Å²) in [5.74, 6) is 2.62. The van der Waals surface area contributed by atoms with E-state index in [-0.39, 0.29) is 0 Å². The van der Waals surface area contributed by atoms with Crippen LogP contribution in [0, 0.1) is 23.7 Å². The van der Waals surface area contributed by atoms with Crippen LogP contribution in [-0.4, -0.2) is 5.11 Å². The number of hydrogen-bond acceptors (Lipinski definition) is 3. The molecule has 4 atom stereocenters. The minimum atomic E-state index is -0.914. The first-order valence-electron chi connectivity index (χ1n) is 7.97. The van der Waals surface area contributed by atoms with Gasteiger partial charge in [0, 0.05) is 9.75 Å². The summed E-state index contributed by atoms with van der Waals surface area (Å²) in [6.07, 6.45) is 9.63. The molecule has 0 aliphatic heterocycles. The maximum absolute atomic E-state index is 11.8. The number of allylic oxidation sites excluding steroid dienone is 3. The van der Waals surface area contributed by atoms with Crippen LogP contribution in [0.1, 0.15) is 22.6 Å². The summed E-state index contributed by atoms with van der Waals surface area (Å²) < 4.78 is 0. The molecule has 2 aromatic heterocycles. The van der Waals surface area contributed by atoms with Crippen LogP contribution in [0.2, 0.25) is 0 Å². The van der Waals surface area contributed by atoms with E-state index in [0.717, 1.165) is 15.7 Å². The largest absolute Gasteiger partial charge is 0.375 e. The highest BCUT2D eigenvalue weighted by Gasteiger charge is 2.54. The molecule has 22 heavy (non-hydrogen) atoms. The summed E-state index contributed by atoms with van der Waals surface area (Å²) in [6.45, 7) is 0. The first-order chi connectivity index (χ1) is 10.8. The second-order valence-corrected chi connectivity index (χ2v) is 8.59. The first kappa shape index (κ1) is 13.3. The Morgan fingerprint density at radius 2 is 1.82 bits per heavy atom. The number of thiophene rings is 2. The van der Waals surface area contributed by atoms with Gasteiger partial charge in [-0.2, -0.15) is 0 Å². The Kier molecular flexibility index (Phi) is 2.82. The molecule has 3 aliphatic rings. The molecule has 2 bridgehead atoms. The highest BCUT2D eigenvalue weighted by molar-refractivity contribution is 7.11. The van der Waals surface area contributed by atoms with Gasteiger partial charge in [-0.25, -0.2) is 0 Å². The van der Waals surface area contributed by atoms with E-state index in [4.69, 9.17) is 0 Å². The van der Waals surface area contributed by atoms with Crippen molar-refractivity contribution in [2.45, 2.75) is 18.4 Å². The van der Waals surface area contributed by atoms with Crippen molar-refractivity contribution >= 4 is 22.7 Å². The second-order valence-electron chi connectivity index (χ2n) is 6.70. The smallest absolute Gasteiger partial charge is 0.155 e. The summed E-state index contributed by atoms with van der Waals surface area (Å²) in [5.41, 5.74) is 0.346. The standard InChI is InChI=1S/C19H18OS2/c20-19(17-6-2-8-21-17,18-7-3-9-22-18)16-11-12-10-15(16)14-5-1-4-13(12)14/h1-3,5-9,11-15,20H,4,10H2. The van der Waals surface area contributed by atoms with E-state index < -0.39 is 5.60 Å². The SMILES string of the molecule is OC(C1=CC2CC1C1C=CCC21)(c1cccs1)c1cccs1. The van der Waals surface area contributed by atoms with E-state index in [1.54, 1.807) is 22.7 Å². The molecule has 1 N–H and O–H groups in total. The number of hydrogen-bond donors (Lipinski definition) is 1. The summed E-state index contributed by atoms with van der Waals surface area (Å²) in [5, 5.41) is 15.9. The van der Waals surface area contributed by atoms with Gasteiger partial charge in [0.1, 0.15) is 0 Å². The van der Waals surface area contributed by atoms with E-state index in [0.29, 0.717) is 17.8 Å². The quantitative estimate of drug-likeness (QED) is 0.802. The van der Waals surface area contributed by atoms with Gasteiger partial charge in [0.15, 0.2) is 5.60 Å². The predicted molar refractivity (Wildman–Crippen MR) is 92.1 cm³/mol. The maximum atomic E-state index is 11.8. The lowest BCUT2D eigenvalue weighted by Crippen LogP contribution is -2.33. The summed E-state index contributed by atoms with van der Waals surface area (Å²) in [4.78, 5) is 2.12. The van der Waals surface area contributed by atoms with E-state index in [1.807, 2.05) is 12.1 Å². The summed E-state index contributed by atoms with van der Waals surface area (Å²) >= 11 is 3.33. The molecule has 2 aromatic rings. The third-order valence-electron chi connectivity index (χ3n) is 5.77. The van der Waals surface area contributed by atoms with E-state index in [2.05, 4.69) is 41.1 Å². The normalized spacial score (nSPS) is 32.5. The Labute approximate surface area is 138 Å². The summed E-state index contributed by atoms with van der Waals surface area (Å²) in [6, 6.07) is 8.26. The molecule has 2 heterocycles. The van der Waals surface area contributed by atoms with Crippen LogP contribution in [0.4, 0.5) is 0 Å². The minimum absolute atomic E-state index is 0.517. The van der Waals surface area contributed by atoms with Crippen molar-refractivity contribution in [1.82, 2.24) is 0 Å². The molecule has 1 nitrogen and oxygen atoms in total. The van der Waals surface area contributed by atoms with Crippen molar-refractivity contribution in [3.05, 3.63) is 68.6 Å².